The van der Waals surface area contributed by atoms with Crippen molar-refractivity contribution in [3.8, 4) is 11.1 Å². The Labute approximate surface area is 209 Å². The maximum absolute atomic E-state index is 14.3. The lowest BCUT2D eigenvalue weighted by molar-refractivity contribution is -0.118. The quantitative estimate of drug-likeness (QED) is 0.450. The van der Waals surface area contributed by atoms with Gasteiger partial charge in [0.1, 0.15) is 0 Å². The summed E-state index contributed by atoms with van der Waals surface area (Å²) in [5, 5.41) is 9.36. The van der Waals surface area contributed by atoms with Gasteiger partial charge in [-0.15, -0.1) is 0 Å². The Morgan fingerprint density at radius 2 is 1.92 bits per heavy atom. The molecule has 4 heterocycles. The monoisotopic (exact) mass is 494 g/mol. The highest BCUT2D eigenvalue weighted by molar-refractivity contribution is 5.77. The molecule has 190 valence electrons. The molecule has 3 aliphatic rings. The van der Waals surface area contributed by atoms with E-state index in [2.05, 4.69) is 14.7 Å². The first-order chi connectivity index (χ1) is 17.5. The van der Waals surface area contributed by atoms with Crippen LogP contribution >= 0.6 is 0 Å². The van der Waals surface area contributed by atoms with Crippen LogP contribution in [0.3, 0.4) is 0 Å². The third kappa shape index (κ3) is 3.98. The van der Waals surface area contributed by atoms with Gasteiger partial charge in [-0.25, -0.2) is 8.78 Å². The van der Waals surface area contributed by atoms with Crippen molar-refractivity contribution in [3.63, 3.8) is 0 Å². The SMILES string of the molecule is Cn1cc(-c2cc3c(cc2C(F)F)N(c2nn(C4CCCCC4)c4c2CN(C=O)CC4)CCC3)cn1. The zero-order chi connectivity index (χ0) is 24.8. The van der Waals surface area contributed by atoms with Crippen LogP contribution in [0, 0.1) is 0 Å². The summed E-state index contributed by atoms with van der Waals surface area (Å²) >= 11 is 0. The third-order valence-corrected chi connectivity index (χ3v) is 8.04. The highest BCUT2D eigenvalue weighted by Crippen LogP contribution is 2.43. The van der Waals surface area contributed by atoms with Gasteiger partial charge < -0.3 is 9.80 Å². The zero-order valence-corrected chi connectivity index (χ0v) is 20.7. The van der Waals surface area contributed by atoms with Crippen LogP contribution in [-0.2, 0) is 31.2 Å². The second kappa shape index (κ2) is 9.33. The van der Waals surface area contributed by atoms with Gasteiger partial charge in [0.05, 0.1) is 18.8 Å². The lowest BCUT2D eigenvalue weighted by Gasteiger charge is -2.33. The van der Waals surface area contributed by atoms with Crippen molar-refractivity contribution in [2.45, 2.75) is 70.4 Å². The van der Waals surface area contributed by atoms with Gasteiger partial charge in [-0.2, -0.15) is 10.2 Å². The van der Waals surface area contributed by atoms with Crippen molar-refractivity contribution in [2.75, 3.05) is 18.0 Å². The predicted octanol–water partition coefficient (Wildman–Crippen LogP) is 5.33. The minimum atomic E-state index is -2.60. The number of carbonyl (C=O) groups excluding carboxylic acids is 1. The Hall–Kier alpha value is -3.23. The Morgan fingerprint density at radius 1 is 1.08 bits per heavy atom. The van der Waals surface area contributed by atoms with E-state index >= 15 is 0 Å². The number of nitrogens with zero attached hydrogens (tertiary/aromatic N) is 6. The highest BCUT2D eigenvalue weighted by Gasteiger charge is 2.33. The largest absolute Gasteiger partial charge is 0.340 e. The molecule has 9 heteroatoms. The molecule has 0 bridgehead atoms. The molecule has 0 saturated heterocycles. The number of fused-ring (bicyclic) bond motifs is 2. The molecule has 1 aliphatic carbocycles. The molecule has 6 rings (SSSR count). The molecule has 1 aromatic carbocycles. The number of hydrogen-bond donors (Lipinski definition) is 0. The number of rotatable bonds is 5. The average Bonchev–Trinajstić information content (AvgIpc) is 3.51. The molecular formula is C27H32F2N6O. The number of halogens is 2. The Kier molecular flexibility index (Phi) is 6.01. The fourth-order valence-electron chi connectivity index (χ4n) is 6.24. The number of anilines is 2. The van der Waals surface area contributed by atoms with Crippen LogP contribution in [0.2, 0.25) is 0 Å². The summed E-state index contributed by atoms with van der Waals surface area (Å²) in [7, 11) is 1.79. The van der Waals surface area contributed by atoms with Crippen molar-refractivity contribution < 1.29 is 13.6 Å². The van der Waals surface area contributed by atoms with Crippen LogP contribution in [0.15, 0.2) is 24.5 Å². The molecule has 1 fully saturated rings. The van der Waals surface area contributed by atoms with Crippen LogP contribution in [0.5, 0.6) is 0 Å². The second-order valence-corrected chi connectivity index (χ2v) is 10.3. The summed E-state index contributed by atoms with van der Waals surface area (Å²) in [5.74, 6) is 0.831. The first-order valence-corrected chi connectivity index (χ1v) is 13.0. The van der Waals surface area contributed by atoms with E-state index in [0.717, 1.165) is 67.7 Å². The molecular weight excluding hydrogens is 462 g/mol. The number of amides is 1. The Balaban J connectivity index is 1.47. The lowest BCUT2D eigenvalue weighted by Crippen LogP contribution is -2.32. The fourth-order valence-corrected chi connectivity index (χ4v) is 6.24. The van der Waals surface area contributed by atoms with Crippen molar-refractivity contribution in [1.82, 2.24) is 24.5 Å². The van der Waals surface area contributed by atoms with E-state index in [1.54, 1.807) is 35.1 Å². The number of alkyl halides is 2. The molecule has 0 spiro atoms. The zero-order valence-electron chi connectivity index (χ0n) is 20.7. The summed E-state index contributed by atoms with van der Waals surface area (Å²) in [6, 6.07) is 3.95. The van der Waals surface area contributed by atoms with E-state index in [-0.39, 0.29) is 5.56 Å². The summed E-state index contributed by atoms with van der Waals surface area (Å²) in [5.41, 5.74) is 5.40. The van der Waals surface area contributed by atoms with E-state index in [1.807, 2.05) is 6.07 Å². The van der Waals surface area contributed by atoms with Gasteiger partial charge in [0, 0.05) is 60.8 Å². The highest BCUT2D eigenvalue weighted by atomic mass is 19.3. The van der Waals surface area contributed by atoms with Gasteiger partial charge in [0.2, 0.25) is 6.41 Å². The van der Waals surface area contributed by atoms with Crippen LogP contribution in [0.4, 0.5) is 20.3 Å². The molecule has 0 radical (unpaired) electrons. The van der Waals surface area contributed by atoms with Gasteiger partial charge in [-0.3, -0.25) is 14.2 Å². The molecule has 7 nitrogen and oxygen atoms in total. The van der Waals surface area contributed by atoms with Gasteiger partial charge >= 0.3 is 0 Å². The standard InChI is InChI=1S/C27H32F2N6O/c1-32-15-19(14-30-32)21-12-18-6-5-10-34(25(18)13-22(21)26(28)29)27-23-16-33(17-36)11-9-24(23)35(31-27)20-7-3-2-4-8-20/h12-15,17,20,26H,2-11,16H2,1H3. The van der Waals surface area contributed by atoms with E-state index in [0.29, 0.717) is 30.3 Å². The molecule has 2 aliphatic heterocycles. The van der Waals surface area contributed by atoms with Crippen molar-refractivity contribution in [3.05, 3.63) is 46.9 Å². The molecule has 2 aromatic heterocycles. The molecule has 0 atom stereocenters. The average molecular weight is 495 g/mol. The van der Waals surface area contributed by atoms with Gasteiger partial charge in [0.15, 0.2) is 5.82 Å². The molecule has 1 amide bonds. The predicted molar refractivity (Wildman–Crippen MR) is 133 cm³/mol. The van der Waals surface area contributed by atoms with Gasteiger partial charge in [0.25, 0.3) is 6.43 Å². The summed E-state index contributed by atoms with van der Waals surface area (Å²) in [6.07, 6.45) is 10.2. The molecule has 0 N–H and O–H groups in total. The summed E-state index contributed by atoms with van der Waals surface area (Å²) in [4.78, 5) is 15.6. The van der Waals surface area contributed by atoms with E-state index in [4.69, 9.17) is 5.10 Å². The van der Waals surface area contributed by atoms with E-state index in [9.17, 15) is 13.6 Å². The Bertz CT molecular complexity index is 1280. The van der Waals surface area contributed by atoms with Gasteiger partial charge in [-0.1, -0.05) is 19.3 Å². The number of carbonyl (C=O) groups is 1. The van der Waals surface area contributed by atoms with Crippen LogP contribution < -0.4 is 4.90 Å². The molecule has 3 aromatic rings. The molecule has 1 saturated carbocycles. The first kappa shape index (κ1) is 23.2. The normalized spacial score (nSPS) is 18.4. The van der Waals surface area contributed by atoms with Gasteiger partial charge in [-0.05, 0) is 48.9 Å². The third-order valence-electron chi connectivity index (χ3n) is 8.04. The fraction of sp³-hybridized carbons (Fsp3) is 0.519. The number of aryl methyl sites for hydroxylation is 2. The van der Waals surface area contributed by atoms with Crippen LogP contribution in [-0.4, -0.2) is 44.0 Å². The summed E-state index contributed by atoms with van der Waals surface area (Å²) < 4.78 is 32.5. The van der Waals surface area contributed by atoms with Crippen molar-refractivity contribution in [1.29, 1.82) is 0 Å². The molecule has 36 heavy (non-hydrogen) atoms. The van der Waals surface area contributed by atoms with E-state index in [1.165, 1.54) is 25.0 Å². The second-order valence-electron chi connectivity index (χ2n) is 10.3. The Morgan fingerprint density at radius 3 is 2.64 bits per heavy atom. The maximum Gasteiger partial charge on any atom is 0.264 e. The summed E-state index contributed by atoms with van der Waals surface area (Å²) in [6.45, 7) is 1.92. The number of aromatic nitrogens is 4. The number of hydrogen-bond acceptors (Lipinski definition) is 4. The first-order valence-electron chi connectivity index (χ1n) is 13.0. The van der Waals surface area contributed by atoms with Crippen LogP contribution in [0.1, 0.15) is 73.4 Å². The van der Waals surface area contributed by atoms with Crippen molar-refractivity contribution >= 4 is 17.9 Å². The van der Waals surface area contributed by atoms with Crippen LogP contribution in [0.25, 0.3) is 11.1 Å². The topological polar surface area (TPSA) is 59.2 Å². The maximum atomic E-state index is 14.3. The van der Waals surface area contributed by atoms with Crippen molar-refractivity contribution in [2.24, 2.45) is 7.05 Å². The van der Waals surface area contributed by atoms with E-state index < -0.39 is 6.43 Å². The minimum Gasteiger partial charge on any atom is -0.340 e. The molecule has 0 unspecified atom stereocenters. The minimum absolute atomic E-state index is 0.0174. The number of benzene rings is 1. The lowest BCUT2D eigenvalue weighted by atomic mass is 9.92. The smallest absolute Gasteiger partial charge is 0.264 e.